The Labute approximate surface area is 234 Å². The maximum absolute atomic E-state index is 13.3. The van der Waals surface area contributed by atoms with E-state index in [1.54, 1.807) is 43.3 Å². The van der Waals surface area contributed by atoms with Gasteiger partial charge in [0.1, 0.15) is 23.1 Å². The third-order valence-corrected chi connectivity index (χ3v) is 7.27. The maximum atomic E-state index is 13.3. The van der Waals surface area contributed by atoms with Crippen molar-refractivity contribution in [3.05, 3.63) is 111 Å². The molecule has 10 heteroatoms. The van der Waals surface area contributed by atoms with Crippen LogP contribution in [0, 0.1) is 13.8 Å². The van der Waals surface area contributed by atoms with Gasteiger partial charge in [-0.3, -0.25) is 14.5 Å². The minimum atomic E-state index is -0.990. The van der Waals surface area contributed by atoms with Gasteiger partial charge in [0.15, 0.2) is 0 Å². The van der Waals surface area contributed by atoms with Crippen LogP contribution >= 0.6 is 11.3 Å². The van der Waals surface area contributed by atoms with Crippen LogP contribution in [0.5, 0.6) is 5.75 Å². The molecule has 0 aliphatic carbocycles. The number of esters is 1. The Kier molecular flexibility index (Phi) is 7.43. The Bertz CT molecular complexity index is 1630. The summed E-state index contributed by atoms with van der Waals surface area (Å²) in [7, 11) is 1.28. The van der Waals surface area contributed by atoms with Gasteiger partial charge in [0.25, 0.3) is 5.78 Å². The second-order valence-corrected chi connectivity index (χ2v) is 10.3. The zero-order valence-electron chi connectivity index (χ0n) is 22.0. The molecule has 0 saturated carbocycles. The first-order chi connectivity index (χ1) is 19.3. The average molecular weight is 556 g/mol. The highest BCUT2D eigenvalue weighted by atomic mass is 32.1. The number of aliphatic hydroxyl groups excluding tert-OH is 1. The van der Waals surface area contributed by atoms with Gasteiger partial charge >= 0.3 is 11.9 Å². The number of methoxy groups -OCH3 is 1. The number of aromatic nitrogens is 2. The summed E-state index contributed by atoms with van der Waals surface area (Å²) in [6, 6.07) is 19.9. The van der Waals surface area contributed by atoms with E-state index in [0.29, 0.717) is 34.1 Å². The lowest BCUT2D eigenvalue weighted by Gasteiger charge is -2.22. The van der Waals surface area contributed by atoms with Crippen molar-refractivity contribution in [3.8, 4) is 5.75 Å². The quantitative estimate of drug-likeness (QED) is 0.144. The minimum absolute atomic E-state index is 0.0999. The minimum Gasteiger partial charge on any atom is -0.507 e. The number of benzene rings is 3. The summed E-state index contributed by atoms with van der Waals surface area (Å²) in [5.41, 5.74) is 3.20. The van der Waals surface area contributed by atoms with Crippen molar-refractivity contribution < 1.29 is 29.0 Å². The summed E-state index contributed by atoms with van der Waals surface area (Å²) in [6.45, 7) is 4.12. The third-order valence-electron chi connectivity index (χ3n) is 6.43. The molecular weight excluding hydrogens is 530 g/mol. The molecule has 40 heavy (non-hydrogen) atoms. The van der Waals surface area contributed by atoms with Gasteiger partial charge in [0, 0.05) is 5.56 Å². The van der Waals surface area contributed by atoms with E-state index < -0.39 is 23.7 Å². The number of nitrogens with zero attached hydrogens (tertiary/aromatic N) is 3. The predicted octanol–water partition coefficient (Wildman–Crippen LogP) is 5.15. The van der Waals surface area contributed by atoms with Gasteiger partial charge in [-0.05, 0) is 61.4 Å². The normalized spacial score (nSPS) is 16.3. The molecule has 1 fully saturated rings. The number of carbonyl (C=O) groups is 3. The molecular formula is C30H25N3O6S. The van der Waals surface area contributed by atoms with Gasteiger partial charge in [-0.25, -0.2) is 4.79 Å². The number of ketones is 1. The highest BCUT2D eigenvalue weighted by Crippen LogP contribution is 2.43. The number of rotatable bonds is 7. The van der Waals surface area contributed by atoms with E-state index in [4.69, 9.17) is 9.47 Å². The number of carbonyl (C=O) groups excluding carboxylic acids is 3. The van der Waals surface area contributed by atoms with Gasteiger partial charge in [-0.15, -0.1) is 10.2 Å². The smallest absolute Gasteiger partial charge is 0.337 e. The molecule has 0 spiro atoms. The number of Topliss-reactive ketones (excluding diaryl/α,β-unsaturated/α-hetero) is 1. The van der Waals surface area contributed by atoms with Crippen molar-refractivity contribution in [2.75, 3.05) is 12.0 Å². The molecule has 0 bridgehead atoms. The third kappa shape index (κ3) is 5.21. The summed E-state index contributed by atoms with van der Waals surface area (Å²) in [5.74, 6) is -1.97. The Morgan fingerprint density at radius 1 is 0.975 bits per heavy atom. The second-order valence-electron chi connectivity index (χ2n) is 9.19. The molecule has 1 amide bonds. The molecule has 1 saturated heterocycles. The van der Waals surface area contributed by atoms with Crippen molar-refractivity contribution >= 4 is 39.9 Å². The van der Waals surface area contributed by atoms with Crippen LogP contribution in [-0.2, 0) is 20.9 Å². The lowest BCUT2D eigenvalue weighted by Crippen LogP contribution is -2.29. The van der Waals surface area contributed by atoms with E-state index in [0.717, 1.165) is 22.5 Å². The molecule has 3 aromatic carbocycles. The van der Waals surface area contributed by atoms with Crippen molar-refractivity contribution in [2.24, 2.45) is 0 Å². The molecule has 1 N–H and O–H groups in total. The number of hydrogen-bond acceptors (Lipinski definition) is 9. The van der Waals surface area contributed by atoms with Crippen LogP contribution in [0.4, 0.5) is 5.13 Å². The topological polar surface area (TPSA) is 119 Å². The van der Waals surface area contributed by atoms with E-state index in [1.165, 1.54) is 24.1 Å². The lowest BCUT2D eigenvalue weighted by molar-refractivity contribution is -0.132. The van der Waals surface area contributed by atoms with Crippen molar-refractivity contribution in [2.45, 2.75) is 26.5 Å². The number of ether oxygens (including phenoxy) is 2. The molecule has 1 aliphatic heterocycles. The van der Waals surface area contributed by atoms with E-state index in [1.807, 2.05) is 31.2 Å². The molecule has 5 rings (SSSR count). The van der Waals surface area contributed by atoms with Crippen LogP contribution in [0.2, 0.25) is 0 Å². The highest BCUT2D eigenvalue weighted by molar-refractivity contribution is 7.15. The molecule has 9 nitrogen and oxygen atoms in total. The number of aliphatic hydroxyl groups is 1. The first-order valence-electron chi connectivity index (χ1n) is 12.3. The lowest BCUT2D eigenvalue weighted by atomic mass is 9.94. The van der Waals surface area contributed by atoms with Crippen LogP contribution in [0.15, 0.2) is 78.4 Å². The molecule has 4 aromatic rings. The molecule has 202 valence electrons. The Hall–Kier alpha value is -4.83. The fraction of sp³-hybridized carbons (Fsp3) is 0.167. The number of amides is 1. The molecule has 1 aliphatic rings. The van der Waals surface area contributed by atoms with Gasteiger partial charge in [-0.1, -0.05) is 53.3 Å². The standard InChI is InChI=1S/C30H25N3O6S/c1-17-5-4-6-19(15-17)16-39-23-13-11-21(12-14-23)26(34)24-25(20-7-9-22(10-8-20)29(37)38-3)33(28(36)27(24)35)30-32-31-18(2)40-30/h4-15,25,34H,16H2,1-3H3/b26-24+. The molecule has 0 radical (unpaired) electrons. The zero-order chi connectivity index (χ0) is 28.4. The van der Waals surface area contributed by atoms with Crippen molar-refractivity contribution in [1.82, 2.24) is 10.2 Å². The van der Waals surface area contributed by atoms with Gasteiger partial charge < -0.3 is 14.6 Å². The largest absolute Gasteiger partial charge is 0.507 e. The number of hydrogen-bond donors (Lipinski definition) is 1. The first-order valence-corrected chi connectivity index (χ1v) is 13.2. The maximum Gasteiger partial charge on any atom is 0.337 e. The zero-order valence-corrected chi connectivity index (χ0v) is 22.8. The molecule has 1 aromatic heterocycles. The predicted molar refractivity (Wildman–Crippen MR) is 149 cm³/mol. The van der Waals surface area contributed by atoms with Crippen molar-refractivity contribution in [3.63, 3.8) is 0 Å². The van der Waals surface area contributed by atoms with E-state index in [2.05, 4.69) is 10.2 Å². The van der Waals surface area contributed by atoms with E-state index >= 15 is 0 Å². The SMILES string of the molecule is COC(=O)c1ccc(C2/C(=C(\O)c3ccc(OCc4cccc(C)c4)cc3)C(=O)C(=O)N2c2nnc(C)s2)cc1. The van der Waals surface area contributed by atoms with Crippen LogP contribution in [0.3, 0.4) is 0 Å². The summed E-state index contributed by atoms with van der Waals surface area (Å²) in [4.78, 5) is 39.7. The Morgan fingerprint density at radius 2 is 1.68 bits per heavy atom. The summed E-state index contributed by atoms with van der Waals surface area (Å²) in [6.07, 6.45) is 0. The Morgan fingerprint density at radius 3 is 2.30 bits per heavy atom. The van der Waals surface area contributed by atoms with Crippen LogP contribution < -0.4 is 9.64 Å². The molecule has 1 atom stereocenters. The number of aryl methyl sites for hydroxylation is 2. The number of anilines is 1. The molecule has 2 heterocycles. The summed E-state index contributed by atoms with van der Waals surface area (Å²) >= 11 is 1.15. The van der Waals surface area contributed by atoms with Crippen molar-refractivity contribution in [1.29, 1.82) is 0 Å². The fourth-order valence-electron chi connectivity index (χ4n) is 4.48. The fourth-order valence-corrected chi connectivity index (χ4v) is 5.20. The van der Waals surface area contributed by atoms with Gasteiger partial charge in [0.05, 0.1) is 24.3 Å². The van der Waals surface area contributed by atoms with Crippen LogP contribution in [-0.4, -0.2) is 40.1 Å². The van der Waals surface area contributed by atoms with Gasteiger partial charge in [0.2, 0.25) is 5.13 Å². The van der Waals surface area contributed by atoms with E-state index in [9.17, 15) is 19.5 Å². The Balaban J connectivity index is 1.51. The first kappa shape index (κ1) is 26.8. The molecule has 1 unspecified atom stereocenters. The highest BCUT2D eigenvalue weighted by Gasteiger charge is 2.48. The van der Waals surface area contributed by atoms with Crippen LogP contribution in [0.1, 0.15) is 43.7 Å². The summed E-state index contributed by atoms with van der Waals surface area (Å²) in [5, 5.41) is 20.2. The monoisotopic (exact) mass is 555 g/mol. The average Bonchev–Trinajstić information content (AvgIpc) is 3.51. The van der Waals surface area contributed by atoms with Crippen LogP contribution in [0.25, 0.3) is 5.76 Å². The van der Waals surface area contributed by atoms with E-state index in [-0.39, 0.29) is 16.5 Å². The van der Waals surface area contributed by atoms with Gasteiger partial charge in [-0.2, -0.15) is 0 Å². The summed E-state index contributed by atoms with van der Waals surface area (Å²) < 4.78 is 10.6. The second kappa shape index (κ2) is 11.1.